The molecule has 88 valence electrons. The van der Waals surface area contributed by atoms with Gasteiger partial charge in [-0.3, -0.25) is 4.68 Å². The fourth-order valence-electron chi connectivity index (χ4n) is 1.73. The number of aromatic nitrogens is 2. The number of hydrogen-bond donors (Lipinski definition) is 1. The van der Waals surface area contributed by atoms with Crippen LogP contribution in [0.1, 0.15) is 15.9 Å². The zero-order valence-corrected chi connectivity index (χ0v) is 9.44. The van der Waals surface area contributed by atoms with Gasteiger partial charge in [0.2, 0.25) is 0 Å². The van der Waals surface area contributed by atoms with Crippen LogP contribution in [0.15, 0.2) is 24.4 Å². The second-order valence-electron chi connectivity index (χ2n) is 3.80. The fourth-order valence-corrected chi connectivity index (χ4v) is 1.73. The molecule has 0 unspecified atom stereocenters. The number of rotatable bonds is 2. The molecule has 5 heteroatoms. The molecule has 0 bridgehead atoms. The van der Waals surface area contributed by atoms with Crippen LogP contribution in [-0.2, 0) is 7.05 Å². The normalized spacial score (nSPS) is 10.5. The van der Waals surface area contributed by atoms with Crippen molar-refractivity contribution in [2.24, 2.45) is 7.05 Å². The lowest BCUT2D eigenvalue weighted by Crippen LogP contribution is -2.01. The Morgan fingerprint density at radius 2 is 2.18 bits per heavy atom. The van der Waals surface area contributed by atoms with Crippen molar-refractivity contribution in [3.8, 4) is 11.3 Å². The first-order valence-electron chi connectivity index (χ1n) is 5.02. The fraction of sp³-hybridized carbons (Fsp3) is 0.167. The lowest BCUT2D eigenvalue weighted by Gasteiger charge is -2.05. The molecule has 0 aliphatic heterocycles. The maximum atomic E-state index is 13.2. The summed E-state index contributed by atoms with van der Waals surface area (Å²) in [5.74, 6) is -1.36. The van der Waals surface area contributed by atoms with E-state index < -0.39 is 5.97 Å². The van der Waals surface area contributed by atoms with E-state index in [1.165, 1.54) is 16.9 Å². The summed E-state index contributed by atoms with van der Waals surface area (Å²) in [6.45, 7) is 1.63. The first-order valence-corrected chi connectivity index (χ1v) is 5.02. The van der Waals surface area contributed by atoms with Crippen LogP contribution in [0.3, 0.4) is 0 Å². The summed E-state index contributed by atoms with van der Waals surface area (Å²) in [6, 6.07) is 4.48. The number of hydrogen-bond acceptors (Lipinski definition) is 2. The summed E-state index contributed by atoms with van der Waals surface area (Å²) in [7, 11) is 1.65. The van der Waals surface area contributed by atoms with Crippen molar-refractivity contribution in [3.63, 3.8) is 0 Å². The molecule has 0 aliphatic carbocycles. The Hall–Kier alpha value is -2.17. The number of halogens is 1. The standard InChI is InChI=1S/C12H11FN2O2/c1-7-5-8(3-4-10(7)13)11-9(12(16)17)6-14-15(11)2/h3-6H,1-2H3,(H,16,17). The van der Waals surface area contributed by atoms with Crippen molar-refractivity contribution >= 4 is 5.97 Å². The average molecular weight is 234 g/mol. The molecule has 1 N–H and O–H groups in total. The molecule has 0 fully saturated rings. The van der Waals surface area contributed by atoms with Crippen molar-refractivity contribution in [2.45, 2.75) is 6.92 Å². The molecular formula is C12H11FN2O2. The van der Waals surface area contributed by atoms with Crippen LogP contribution in [0.5, 0.6) is 0 Å². The Morgan fingerprint density at radius 1 is 1.47 bits per heavy atom. The van der Waals surface area contributed by atoms with Gasteiger partial charge in [0.1, 0.15) is 11.4 Å². The number of carboxylic acid groups (broad SMARTS) is 1. The molecule has 0 atom stereocenters. The van der Waals surface area contributed by atoms with Gasteiger partial charge < -0.3 is 5.11 Å². The third kappa shape index (κ3) is 1.91. The van der Waals surface area contributed by atoms with E-state index in [1.54, 1.807) is 26.1 Å². The van der Waals surface area contributed by atoms with Crippen LogP contribution >= 0.6 is 0 Å². The topological polar surface area (TPSA) is 55.1 Å². The highest BCUT2D eigenvalue weighted by atomic mass is 19.1. The number of carbonyl (C=O) groups is 1. The zero-order valence-electron chi connectivity index (χ0n) is 9.44. The van der Waals surface area contributed by atoms with Crippen molar-refractivity contribution in [1.29, 1.82) is 0 Å². The highest BCUT2D eigenvalue weighted by Gasteiger charge is 2.17. The number of carboxylic acids is 1. The highest BCUT2D eigenvalue weighted by molar-refractivity contribution is 5.94. The van der Waals surface area contributed by atoms with E-state index in [0.29, 0.717) is 16.8 Å². The van der Waals surface area contributed by atoms with E-state index in [-0.39, 0.29) is 11.4 Å². The van der Waals surface area contributed by atoms with Crippen molar-refractivity contribution in [2.75, 3.05) is 0 Å². The second-order valence-corrected chi connectivity index (χ2v) is 3.80. The van der Waals surface area contributed by atoms with E-state index in [9.17, 15) is 9.18 Å². The molecule has 4 nitrogen and oxygen atoms in total. The Bertz CT molecular complexity index is 590. The van der Waals surface area contributed by atoms with Gasteiger partial charge in [-0.05, 0) is 30.7 Å². The summed E-state index contributed by atoms with van der Waals surface area (Å²) in [5.41, 5.74) is 1.69. The number of aromatic carboxylic acids is 1. The van der Waals surface area contributed by atoms with Crippen LogP contribution in [0.2, 0.25) is 0 Å². The maximum Gasteiger partial charge on any atom is 0.339 e. The third-order valence-electron chi connectivity index (χ3n) is 2.60. The molecule has 0 saturated heterocycles. The number of nitrogens with zero attached hydrogens (tertiary/aromatic N) is 2. The minimum Gasteiger partial charge on any atom is -0.478 e. The average Bonchev–Trinajstić information content (AvgIpc) is 2.64. The summed E-state index contributed by atoms with van der Waals surface area (Å²) in [4.78, 5) is 11.0. The SMILES string of the molecule is Cc1cc(-c2c(C(=O)O)cnn2C)ccc1F. The molecular weight excluding hydrogens is 223 g/mol. The predicted molar refractivity (Wildman–Crippen MR) is 60.3 cm³/mol. The summed E-state index contributed by atoms with van der Waals surface area (Å²) >= 11 is 0. The van der Waals surface area contributed by atoms with Gasteiger partial charge in [0, 0.05) is 12.6 Å². The quantitative estimate of drug-likeness (QED) is 0.866. The van der Waals surface area contributed by atoms with Crippen molar-refractivity contribution in [3.05, 3.63) is 41.3 Å². The van der Waals surface area contributed by atoms with E-state index in [0.717, 1.165) is 0 Å². The minimum absolute atomic E-state index is 0.110. The Labute approximate surface area is 97.3 Å². The van der Waals surface area contributed by atoms with E-state index in [1.807, 2.05) is 0 Å². The molecule has 2 rings (SSSR count). The Kier molecular flexibility index (Phi) is 2.67. The van der Waals surface area contributed by atoms with Gasteiger partial charge in [-0.15, -0.1) is 0 Å². The molecule has 17 heavy (non-hydrogen) atoms. The molecule has 1 aromatic heterocycles. The van der Waals surface area contributed by atoms with Crippen LogP contribution in [0.4, 0.5) is 4.39 Å². The van der Waals surface area contributed by atoms with Crippen LogP contribution < -0.4 is 0 Å². The molecule has 0 radical (unpaired) electrons. The van der Waals surface area contributed by atoms with Gasteiger partial charge in [-0.2, -0.15) is 5.10 Å². The first-order chi connectivity index (χ1) is 8.00. The van der Waals surface area contributed by atoms with Gasteiger partial charge in [0.15, 0.2) is 0 Å². The van der Waals surface area contributed by atoms with Crippen LogP contribution in [0, 0.1) is 12.7 Å². The largest absolute Gasteiger partial charge is 0.478 e. The van der Waals surface area contributed by atoms with Crippen molar-refractivity contribution < 1.29 is 14.3 Å². The Morgan fingerprint density at radius 3 is 2.76 bits per heavy atom. The van der Waals surface area contributed by atoms with Gasteiger partial charge in [0.25, 0.3) is 0 Å². The molecule has 0 amide bonds. The monoisotopic (exact) mass is 234 g/mol. The highest BCUT2D eigenvalue weighted by Crippen LogP contribution is 2.24. The lowest BCUT2D eigenvalue weighted by molar-refractivity contribution is 0.0697. The molecule has 0 aliphatic rings. The molecule has 1 heterocycles. The first kappa shape index (κ1) is 11.3. The number of aryl methyl sites for hydroxylation is 2. The minimum atomic E-state index is -1.05. The third-order valence-corrected chi connectivity index (χ3v) is 2.60. The van der Waals surface area contributed by atoms with Gasteiger partial charge in [0.05, 0.1) is 11.9 Å². The smallest absolute Gasteiger partial charge is 0.339 e. The second kappa shape index (κ2) is 4.01. The van der Waals surface area contributed by atoms with Crippen LogP contribution in [0.25, 0.3) is 11.3 Å². The summed E-state index contributed by atoms with van der Waals surface area (Å²) < 4.78 is 14.6. The van der Waals surface area contributed by atoms with Crippen LogP contribution in [-0.4, -0.2) is 20.9 Å². The Balaban J connectivity index is 2.63. The summed E-state index contributed by atoms with van der Waals surface area (Å²) in [5, 5.41) is 12.9. The lowest BCUT2D eigenvalue weighted by atomic mass is 10.1. The molecule has 2 aromatic rings. The van der Waals surface area contributed by atoms with Crippen molar-refractivity contribution in [1.82, 2.24) is 9.78 Å². The molecule has 0 spiro atoms. The molecule has 0 saturated carbocycles. The number of benzene rings is 1. The van der Waals surface area contributed by atoms with Gasteiger partial charge >= 0.3 is 5.97 Å². The molecule has 1 aromatic carbocycles. The van der Waals surface area contributed by atoms with E-state index >= 15 is 0 Å². The van der Waals surface area contributed by atoms with Gasteiger partial charge in [-0.1, -0.05) is 0 Å². The van der Waals surface area contributed by atoms with E-state index in [2.05, 4.69) is 5.10 Å². The summed E-state index contributed by atoms with van der Waals surface area (Å²) in [6.07, 6.45) is 1.29. The van der Waals surface area contributed by atoms with Gasteiger partial charge in [-0.25, -0.2) is 9.18 Å². The zero-order chi connectivity index (χ0) is 12.6. The maximum absolute atomic E-state index is 13.2. The van der Waals surface area contributed by atoms with E-state index in [4.69, 9.17) is 5.11 Å². The predicted octanol–water partition coefficient (Wildman–Crippen LogP) is 2.23.